The molecule has 5 rings (SSSR count). The van der Waals surface area contributed by atoms with Crippen LogP contribution >= 0.6 is 34.5 Å². The first-order valence-electron chi connectivity index (χ1n) is 14.3. The second-order valence-electron chi connectivity index (χ2n) is 11.1. The fourth-order valence-electron chi connectivity index (χ4n) is 5.21. The molecule has 0 fully saturated rings. The van der Waals surface area contributed by atoms with Crippen molar-refractivity contribution in [1.29, 1.82) is 0 Å². The molecule has 0 radical (unpaired) electrons. The van der Waals surface area contributed by atoms with E-state index in [2.05, 4.69) is 15.2 Å². The number of hydrogen-bond acceptors (Lipinski definition) is 7. The van der Waals surface area contributed by atoms with E-state index in [9.17, 15) is 14.7 Å². The molecular weight excluding hydrogens is 619 g/mol. The van der Waals surface area contributed by atoms with E-state index in [1.54, 1.807) is 47.5 Å². The number of carbonyl (C=O) groups excluding carboxylic acids is 2. The van der Waals surface area contributed by atoms with Crippen LogP contribution < -0.4 is 10.1 Å². The van der Waals surface area contributed by atoms with Crippen molar-refractivity contribution in [3.63, 3.8) is 0 Å². The average molecular weight is 654 g/mol. The highest BCUT2D eigenvalue weighted by Gasteiger charge is 2.34. The van der Waals surface area contributed by atoms with Gasteiger partial charge < -0.3 is 20.1 Å². The molecular formula is C33H34Cl2N4O4S. The molecule has 230 valence electrons. The van der Waals surface area contributed by atoms with Gasteiger partial charge >= 0.3 is 0 Å². The third-order valence-electron chi connectivity index (χ3n) is 7.69. The maximum Gasteiger partial charge on any atom is 0.258 e. The first-order valence-corrected chi connectivity index (χ1v) is 15.9. The predicted molar refractivity (Wildman–Crippen MR) is 176 cm³/mol. The summed E-state index contributed by atoms with van der Waals surface area (Å²) in [5.41, 5.74) is 3.11. The highest BCUT2D eigenvalue weighted by atomic mass is 35.5. The van der Waals surface area contributed by atoms with Gasteiger partial charge in [-0.15, -0.1) is 11.3 Å². The van der Waals surface area contributed by atoms with Crippen molar-refractivity contribution in [3.8, 4) is 16.3 Å². The molecule has 0 spiro atoms. The van der Waals surface area contributed by atoms with Crippen molar-refractivity contribution >= 4 is 52.0 Å². The van der Waals surface area contributed by atoms with E-state index in [-0.39, 0.29) is 30.4 Å². The number of para-hydroxylation sites is 1. The number of thiazole rings is 1. The molecule has 3 aromatic carbocycles. The van der Waals surface area contributed by atoms with Crippen LogP contribution in [0, 0.1) is 5.92 Å². The topological polar surface area (TPSA) is 95.0 Å². The molecule has 1 aromatic heterocycles. The number of anilines is 1. The van der Waals surface area contributed by atoms with Crippen molar-refractivity contribution in [3.05, 3.63) is 99.0 Å². The van der Waals surface area contributed by atoms with Gasteiger partial charge in [-0.25, -0.2) is 4.98 Å². The number of hydrogen-bond donors (Lipinski definition) is 2. The number of halogens is 2. The Kier molecular flexibility index (Phi) is 10.2. The number of nitrogens with one attached hydrogen (secondary N) is 1. The molecule has 0 unspecified atom stereocenters. The number of amides is 2. The Balaban J connectivity index is 1.43. The molecule has 2 amide bonds. The molecule has 2 heterocycles. The quantitative estimate of drug-likeness (QED) is 0.208. The van der Waals surface area contributed by atoms with Gasteiger partial charge in [0, 0.05) is 48.3 Å². The number of likely N-dealkylation sites (N-methyl/N-ethyl adjacent to an activating group) is 1. The zero-order valence-corrected chi connectivity index (χ0v) is 27.0. The van der Waals surface area contributed by atoms with Gasteiger partial charge in [-0.1, -0.05) is 54.4 Å². The highest BCUT2D eigenvalue weighted by molar-refractivity contribution is 7.13. The number of aromatic nitrogens is 1. The van der Waals surface area contributed by atoms with Crippen LogP contribution in [0.25, 0.3) is 10.6 Å². The molecule has 3 atom stereocenters. The third kappa shape index (κ3) is 7.25. The molecule has 8 nitrogen and oxygen atoms in total. The molecule has 1 aliphatic rings. The second kappa shape index (κ2) is 14.1. The lowest BCUT2D eigenvalue weighted by atomic mass is 9.98. The normalized spacial score (nSPS) is 17.4. The summed E-state index contributed by atoms with van der Waals surface area (Å²) < 4.78 is 6.65. The number of aliphatic hydroxyl groups excluding tert-OH is 1. The number of aliphatic hydroxyl groups is 1. The van der Waals surface area contributed by atoms with Gasteiger partial charge in [0.1, 0.15) is 11.1 Å². The zero-order valence-electron chi connectivity index (χ0n) is 24.7. The van der Waals surface area contributed by atoms with Crippen molar-refractivity contribution in [2.24, 2.45) is 5.92 Å². The van der Waals surface area contributed by atoms with Gasteiger partial charge in [-0.05, 0) is 55.9 Å². The molecule has 1 aliphatic heterocycles. The van der Waals surface area contributed by atoms with Crippen molar-refractivity contribution < 1.29 is 19.4 Å². The summed E-state index contributed by atoms with van der Waals surface area (Å²) in [6.45, 7) is 5.19. The Labute approximate surface area is 271 Å². The van der Waals surface area contributed by atoms with Crippen LogP contribution in [0.3, 0.4) is 0 Å². The molecule has 0 saturated heterocycles. The maximum atomic E-state index is 13.8. The SMILES string of the molecule is C[C@H](CO)N1C[C@H](C)[C@@H](CN(C)Cc2ccc(Cl)c(Cl)c2)Oc2c(NC(=O)c3ccc(-c4nccs4)cc3)cccc2C1=O. The minimum Gasteiger partial charge on any atom is -0.486 e. The molecule has 11 heteroatoms. The fraction of sp³-hybridized carbons (Fsp3) is 0.303. The Morgan fingerprint density at radius 2 is 1.95 bits per heavy atom. The zero-order chi connectivity index (χ0) is 31.4. The first kappa shape index (κ1) is 31.9. The lowest BCUT2D eigenvalue weighted by Gasteiger charge is -2.38. The van der Waals surface area contributed by atoms with Crippen LogP contribution in [0.4, 0.5) is 5.69 Å². The molecule has 2 N–H and O–H groups in total. The van der Waals surface area contributed by atoms with Crippen LogP contribution in [-0.2, 0) is 6.54 Å². The molecule has 44 heavy (non-hydrogen) atoms. The lowest BCUT2D eigenvalue weighted by molar-refractivity contribution is 0.0343. The van der Waals surface area contributed by atoms with E-state index in [4.69, 9.17) is 27.9 Å². The van der Waals surface area contributed by atoms with Gasteiger partial charge in [0.15, 0.2) is 5.75 Å². The van der Waals surface area contributed by atoms with Gasteiger partial charge in [0.25, 0.3) is 11.8 Å². The second-order valence-corrected chi connectivity index (χ2v) is 12.8. The van der Waals surface area contributed by atoms with E-state index in [1.807, 2.05) is 50.5 Å². The summed E-state index contributed by atoms with van der Waals surface area (Å²) in [7, 11) is 1.99. The smallest absolute Gasteiger partial charge is 0.258 e. The number of ether oxygens (including phenoxy) is 1. The minimum absolute atomic E-state index is 0.0977. The summed E-state index contributed by atoms with van der Waals surface area (Å²) in [6, 6.07) is 17.5. The summed E-state index contributed by atoms with van der Waals surface area (Å²) in [4.78, 5) is 35.3. The Morgan fingerprint density at radius 1 is 1.18 bits per heavy atom. The van der Waals surface area contributed by atoms with E-state index in [1.165, 1.54) is 11.3 Å². The van der Waals surface area contributed by atoms with Gasteiger partial charge in [-0.3, -0.25) is 14.5 Å². The van der Waals surface area contributed by atoms with E-state index in [0.29, 0.717) is 52.2 Å². The van der Waals surface area contributed by atoms with E-state index in [0.717, 1.165) is 16.1 Å². The van der Waals surface area contributed by atoms with Gasteiger partial charge in [0.05, 0.1) is 33.9 Å². The van der Waals surface area contributed by atoms with Crippen molar-refractivity contribution in [2.45, 2.75) is 32.5 Å². The Morgan fingerprint density at radius 3 is 2.64 bits per heavy atom. The average Bonchev–Trinajstić information content (AvgIpc) is 3.56. The van der Waals surface area contributed by atoms with E-state index >= 15 is 0 Å². The predicted octanol–water partition coefficient (Wildman–Crippen LogP) is 6.72. The summed E-state index contributed by atoms with van der Waals surface area (Å²) in [6.07, 6.45) is 1.39. The number of carbonyl (C=O) groups is 2. The van der Waals surface area contributed by atoms with Crippen molar-refractivity contribution in [2.75, 3.05) is 32.1 Å². The maximum absolute atomic E-state index is 13.8. The number of nitrogens with zero attached hydrogens (tertiary/aromatic N) is 3. The minimum atomic E-state index is -0.403. The third-order valence-corrected chi connectivity index (χ3v) is 9.26. The van der Waals surface area contributed by atoms with Crippen LogP contribution in [0.2, 0.25) is 10.0 Å². The standard InChI is InChI=1S/C33H34Cl2N4O4S/c1-20-16-39(21(2)19-40)33(42)25-5-4-6-28(37-31(41)23-8-10-24(11-9-23)32-36-13-14-44-32)30(25)43-29(20)18-38(3)17-22-7-12-26(34)27(35)15-22/h4-15,20-21,29,40H,16-19H2,1-3H3,(H,37,41)/t20-,21+,29+/m0/s1. The van der Waals surface area contributed by atoms with Crippen LogP contribution in [-0.4, -0.2) is 70.6 Å². The fourth-order valence-corrected chi connectivity index (χ4v) is 6.17. The van der Waals surface area contributed by atoms with Crippen LogP contribution in [0.1, 0.15) is 40.1 Å². The largest absolute Gasteiger partial charge is 0.486 e. The monoisotopic (exact) mass is 652 g/mol. The van der Waals surface area contributed by atoms with Gasteiger partial charge in [0.2, 0.25) is 0 Å². The van der Waals surface area contributed by atoms with E-state index < -0.39 is 6.04 Å². The van der Waals surface area contributed by atoms with Crippen LogP contribution in [0.15, 0.2) is 72.2 Å². The summed E-state index contributed by atoms with van der Waals surface area (Å²) in [5, 5.41) is 16.7. The number of fused-ring (bicyclic) bond motifs is 1. The molecule has 4 aromatic rings. The summed E-state index contributed by atoms with van der Waals surface area (Å²) in [5.74, 6) is -0.386. The molecule has 0 aliphatic carbocycles. The number of rotatable bonds is 9. The molecule has 0 saturated carbocycles. The molecule has 0 bridgehead atoms. The first-order chi connectivity index (χ1) is 21.1. The van der Waals surface area contributed by atoms with Crippen molar-refractivity contribution in [1.82, 2.24) is 14.8 Å². The summed E-state index contributed by atoms with van der Waals surface area (Å²) >= 11 is 13.9. The number of benzene rings is 3. The van der Waals surface area contributed by atoms with Gasteiger partial charge in [-0.2, -0.15) is 0 Å². The Hall–Kier alpha value is -3.47. The van der Waals surface area contributed by atoms with Crippen LogP contribution in [0.5, 0.6) is 5.75 Å². The Bertz CT molecular complexity index is 1620. The lowest BCUT2D eigenvalue weighted by Crippen LogP contribution is -2.49. The highest BCUT2D eigenvalue weighted by Crippen LogP contribution is 2.35.